The monoisotopic (exact) mass is 360 g/mol. The lowest BCUT2D eigenvalue weighted by atomic mass is 10.1. The van der Waals surface area contributed by atoms with E-state index in [1.165, 1.54) is 6.08 Å². The zero-order valence-electron chi connectivity index (χ0n) is 12.8. The standard InChI is InChI=1S/C18H14Cl2N2O2/c1-2-24-16-9-4-3-6-12(16)10-13(11-21)18(23)22-17-14(19)7-5-8-15(17)20/h3-10H,2H2,1H3,(H,22,23)/b13-10+. The lowest BCUT2D eigenvalue weighted by Crippen LogP contribution is -2.14. The van der Waals surface area contributed by atoms with Crippen molar-refractivity contribution >= 4 is 40.9 Å². The second-order valence-corrected chi connectivity index (χ2v) is 5.51. The summed E-state index contributed by atoms with van der Waals surface area (Å²) in [6.07, 6.45) is 1.46. The average molecular weight is 361 g/mol. The molecule has 0 spiro atoms. The second kappa shape index (κ2) is 8.39. The van der Waals surface area contributed by atoms with Gasteiger partial charge in [-0.05, 0) is 31.2 Å². The van der Waals surface area contributed by atoms with Crippen LogP contribution >= 0.6 is 23.2 Å². The molecular formula is C18H14Cl2N2O2. The van der Waals surface area contributed by atoms with Crippen LogP contribution in [0.15, 0.2) is 48.0 Å². The van der Waals surface area contributed by atoms with Crippen molar-refractivity contribution in [3.05, 3.63) is 63.6 Å². The van der Waals surface area contributed by atoms with Gasteiger partial charge in [-0.15, -0.1) is 0 Å². The number of ether oxygens (including phenoxy) is 1. The number of halogens is 2. The fourth-order valence-electron chi connectivity index (χ4n) is 1.99. The van der Waals surface area contributed by atoms with Gasteiger partial charge in [0.15, 0.2) is 0 Å². The summed E-state index contributed by atoms with van der Waals surface area (Å²) in [5.41, 5.74) is 0.819. The van der Waals surface area contributed by atoms with E-state index in [1.54, 1.807) is 36.4 Å². The van der Waals surface area contributed by atoms with Gasteiger partial charge in [0, 0.05) is 5.56 Å². The van der Waals surface area contributed by atoms with E-state index in [0.29, 0.717) is 28.0 Å². The SMILES string of the molecule is CCOc1ccccc1/C=C(\C#N)C(=O)Nc1c(Cl)cccc1Cl. The van der Waals surface area contributed by atoms with E-state index in [1.807, 2.05) is 19.1 Å². The first-order valence-electron chi connectivity index (χ1n) is 7.15. The van der Waals surface area contributed by atoms with Gasteiger partial charge >= 0.3 is 0 Å². The van der Waals surface area contributed by atoms with Gasteiger partial charge in [-0.25, -0.2) is 0 Å². The van der Waals surface area contributed by atoms with Crippen LogP contribution in [0, 0.1) is 11.3 Å². The molecule has 0 atom stereocenters. The molecule has 0 aliphatic carbocycles. The highest BCUT2D eigenvalue weighted by Gasteiger charge is 2.14. The Balaban J connectivity index is 2.32. The van der Waals surface area contributed by atoms with Crippen LogP contribution in [0.2, 0.25) is 10.0 Å². The molecule has 0 aliphatic rings. The Bertz CT molecular complexity index is 806. The van der Waals surface area contributed by atoms with Crippen LogP contribution < -0.4 is 10.1 Å². The Morgan fingerprint density at radius 2 is 1.88 bits per heavy atom. The number of rotatable bonds is 5. The molecule has 1 N–H and O–H groups in total. The Morgan fingerprint density at radius 3 is 2.50 bits per heavy atom. The van der Waals surface area contributed by atoms with Gasteiger partial charge in [0.1, 0.15) is 17.4 Å². The summed E-state index contributed by atoms with van der Waals surface area (Å²) in [6, 6.07) is 13.9. The number of hydrogen-bond acceptors (Lipinski definition) is 3. The molecule has 0 saturated heterocycles. The first-order chi connectivity index (χ1) is 11.6. The number of nitriles is 1. The Labute approximate surface area is 150 Å². The van der Waals surface area contributed by atoms with Crippen LogP contribution in [0.3, 0.4) is 0 Å². The second-order valence-electron chi connectivity index (χ2n) is 4.69. The minimum Gasteiger partial charge on any atom is -0.493 e. The summed E-state index contributed by atoms with van der Waals surface area (Å²) >= 11 is 12.1. The van der Waals surface area contributed by atoms with Gasteiger partial charge in [-0.1, -0.05) is 47.5 Å². The van der Waals surface area contributed by atoms with Crippen molar-refractivity contribution in [3.63, 3.8) is 0 Å². The van der Waals surface area contributed by atoms with Crippen molar-refractivity contribution in [2.24, 2.45) is 0 Å². The number of carbonyl (C=O) groups is 1. The lowest BCUT2D eigenvalue weighted by Gasteiger charge is -2.09. The van der Waals surface area contributed by atoms with Gasteiger partial charge in [0.2, 0.25) is 0 Å². The Kier molecular flexibility index (Phi) is 6.25. The fraction of sp³-hybridized carbons (Fsp3) is 0.111. The van der Waals surface area contributed by atoms with E-state index in [2.05, 4.69) is 5.32 Å². The molecule has 0 fully saturated rings. The smallest absolute Gasteiger partial charge is 0.266 e. The third kappa shape index (κ3) is 4.29. The van der Waals surface area contributed by atoms with Crippen molar-refractivity contribution in [1.82, 2.24) is 0 Å². The third-order valence-corrected chi connectivity index (χ3v) is 3.72. The molecule has 0 aromatic heterocycles. The highest BCUT2D eigenvalue weighted by molar-refractivity contribution is 6.40. The summed E-state index contributed by atoms with van der Waals surface area (Å²) < 4.78 is 5.49. The Hall–Kier alpha value is -2.48. The molecule has 0 aliphatic heterocycles. The minimum absolute atomic E-state index is 0.0851. The van der Waals surface area contributed by atoms with Crippen LogP contribution in [0.1, 0.15) is 12.5 Å². The lowest BCUT2D eigenvalue weighted by molar-refractivity contribution is -0.112. The van der Waals surface area contributed by atoms with Crippen molar-refractivity contribution in [2.45, 2.75) is 6.92 Å². The molecule has 2 aromatic rings. The van der Waals surface area contributed by atoms with E-state index in [0.717, 1.165) is 0 Å². The fourth-order valence-corrected chi connectivity index (χ4v) is 2.48. The van der Waals surface area contributed by atoms with E-state index < -0.39 is 5.91 Å². The van der Waals surface area contributed by atoms with Gasteiger partial charge in [-0.3, -0.25) is 4.79 Å². The quantitative estimate of drug-likeness (QED) is 0.606. The molecule has 1 amide bonds. The van der Waals surface area contributed by atoms with Crippen LogP contribution in [-0.4, -0.2) is 12.5 Å². The third-order valence-electron chi connectivity index (χ3n) is 3.09. The summed E-state index contributed by atoms with van der Waals surface area (Å²) in [5.74, 6) is -0.00451. The first kappa shape index (κ1) is 17.9. The van der Waals surface area contributed by atoms with E-state index in [9.17, 15) is 10.1 Å². The maximum atomic E-state index is 12.4. The molecule has 4 nitrogen and oxygen atoms in total. The van der Waals surface area contributed by atoms with Crippen molar-refractivity contribution in [3.8, 4) is 11.8 Å². The largest absolute Gasteiger partial charge is 0.493 e. The van der Waals surface area contributed by atoms with E-state index in [-0.39, 0.29) is 11.3 Å². The summed E-state index contributed by atoms with van der Waals surface area (Å²) in [6.45, 7) is 2.34. The predicted molar refractivity (Wildman–Crippen MR) is 96.3 cm³/mol. The molecule has 0 unspecified atom stereocenters. The molecule has 122 valence electrons. The molecule has 2 rings (SSSR count). The number of anilines is 1. The van der Waals surface area contributed by atoms with Crippen molar-refractivity contribution < 1.29 is 9.53 Å². The average Bonchev–Trinajstić information content (AvgIpc) is 2.57. The zero-order chi connectivity index (χ0) is 17.5. The number of carbonyl (C=O) groups excluding carboxylic acids is 1. The highest BCUT2D eigenvalue weighted by Crippen LogP contribution is 2.30. The highest BCUT2D eigenvalue weighted by atomic mass is 35.5. The molecule has 0 radical (unpaired) electrons. The Morgan fingerprint density at radius 1 is 1.21 bits per heavy atom. The maximum Gasteiger partial charge on any atom is 0.266 e. The number of nitrogens with zero attached hydrogens (tertiary/aromatic N) is 1. The zero-order valence-corrected chi connectivity index (χ0v) is 14.4. The minimum atomic E-state index is -0.598. The summed E-state index contributed by atoms with van der Waals surface area (Å²) in [7, 11) is 0. The van der Waals surface area contributed by atoms with Gasteiger partial charge in [0.05, 0.1) is 22.3 Å². The molecular weight excluding hydrogens is 347 g/mol. The normalized spacial score (nSPS) is 10.8. The number of para-hydroxylation sites is 2. The maximum absolute atomic E-state index is 12.4. The predicted octanol–water partition coefficient (Wildman–Crippen LogP) is 4.94. The summed E-state index contributed by atoms with van der Waals surface area (Å²) in [5, 5.41) is 12.5. The molecule has 0 saturated carbocycles. The van der Waals surface area contributed by atoms with Crippen LogP contribution in [0.4, 0.5) is 5.69 Å². The van der Waals surface area contributed by atoms with E-state index >= 15 is 0 Å². The molecule has 2 aromatic carbocycles. The first-order valence-corrected chi connectivity index (χ1v) is 7.91. The van der Waals surface area contributed by atoms with Crippen LogP contribution in [0.5, 0.6) is 5.75 Å². The number of nitrogens with one attached hydrogen (secondary N) is 1. The topological polar surface area (TPSA) is 62.1 Å². The van der Waals surface area contributed by atoms with Crippen molar-refractivity contribution in [1.29, 1.82) is 5.26 Å². The van der Waals surface area contributed by atoms with E-state index in [4.69, 9.17) is 27.9 Å². The van der Waals surface area contributed by atoms with Gasteiger partial charge in [-0.2, -0.15) is 5.26 Å². The van der Waals surface area contributed by atoms with Crippen LogP contribution in [-0.2, 0) is 4.79 Å². The van der Waals surface area contributed by atoms with Gasteiger partial charge < -0.3 is 10.1 Å². The molecule has 0 heterocycles. The molecule has 6 heteroatoms. The molecule has 24 heavy (non-hydrogen) atoms. The number of hydrogen-bond donors (Lipinski definition) is 1. The van der Waals surface area contributed by atoms with Crippen LogP contribution in [0.25, 0.3) is 6.08 Å². The number of amides is 1. The van der Waals surface area contributed by atoms with Gasteiger partial charge in [0.25, 0.3) is 5.91 Å². The number of benzene rings is 2. The molecule has 0 bridgehead atoms. The van der Waals surface area contributed by atoms with Crippen molar-refractivity contribution in [2.75, 3.05) is 11.9 Å². The summed E-state index contributed by atoms with van der Waals surface area (Å²) in [4.78, 5) is 12.4.